The van der Waals surface area contributed by atoms with Gasteiger partial charge in [0.15, 0.2) is 5.78 Å². The van der Waals surface area contributed by atoms with Crippen LogP contribution in [0, 0.1) is 11.8 Å². The molecule has 2 aliphatic rings. The van der Waals surface area contributed by atoms with Crippen molar-refractivity contribution in [3.8, 4) is 0 Å². The first-order valence-corrected chi connectivity index (χ1v) is 16.3. The number of hydrogen-bond donors (Lipinski definition) is 2. The van der Waals surface area contributed by atoms with Gasteiger partial charge in [0.05, 0.1) is 6.61 Å². The molecule has 0 radical (unpaired) electrons. The van der Waals surface area contributed by atoms with E-state index in [-0.39, 0.29) is 23.3 Å². The van der Waals surface area contributed by atoms with Crippen LogP contribution in [0.15, 0.2) is 103 Å². The lowest BCUT2D eigenvalue weighted by molar-refractivity contribution is -0.138. The van der Waals surface area contributed by atoms with E-state index < -0.39 is 20.5 Å². The van der Waals surface area contributed by atoms with Crippen molar-refractivity contribution in [2.45, 2.75) is 51.0 Å². The molecule has 2 N–H and O–H groups in total. The van der Waals surface area contributed by atoms with Crippen LogP contribution in [0.3, 0.4) is 0 Å². The van der Waals surface area contributed by atoms with E-state index in [2.05, 4.69) is 92.1 Å². The summed E-state index contributed by atoms with van der Waals surface area (Å²) in [6.07, 6.45) is 3.10. The lowest BCUT2D eigenvalue weighted by Crippen LogP contribution is -2.66. The van der Waals surface area contributed by atoms with E-state index in [0.717, 1.165) is 12.0 Å². The number of nitrogens with one attached hydrogen (secondary N) is 2. The first-order chi connectivity index (χ1) is 19.8. The standard InChI is InChI=1S/C34H40N2O4Si/c1-34(2,3)41(28-15-9-5-10-16-28,29-17-11-6-12-18-29)40-24-27-21-26(27)22-36-33(38)31-32(30(37)19-20-35-31)39-23-25-13-7-4-8-14-25/h4-20,26-27,31-32,35H,21-24H2,1-3H3,(H,36,38). The van der Waals surface area contributed by atoms with Crippen molar-refractivity contribution in [1.82, 2.24) is 10.6 Å². The summed E-state index contributed by atoms with van der Waals surface area (Å²) in [7, 11) is -2.59. The molecule has 0 saturated heterocycles. The van der Waals surface area contributed by atoms with Crippen molar-refractivity contribution < 1.29 is 18.8 Å². The maximum atomic E-state index is 13.2. The van der Waals surface area contributed by atoms with E-state index in [1.165, 1.54) is 22.6 Å². The van der Waals surface area contributed by atoms with E-state index in [0.29, 0.717) is 25.0 Å². The predicted molar refractivity (Wildman–Crippen MR) is 164 cm³/mol. The molecular weight excluding hydrogens is 528 g/mol. The van der Waals surface area contributed by atoms with Gasteiger partial charge < -0.3 is 19.8 Å². The van der Waals surface area contributed by atoms with Gasteiger partial charge >= 0.3 is 0 Å². The van der Waals surface area contributed by atoms with Crippen molar-refractivity contribution >= 4 is 30.4 Å². The van der Waals surface area contributed by atoms with Crippen molar-refractivity contribution in [1.29, 1.82) is 0 Å². The first kappa shape index (κ1) is 29.0. The Balaban J connectivity index is 1.20. The number of amides is 1. The van der Waals surface area contributed by atoms with Crippen LogP contribution >= 0.6 is 0 Å². The Bertz CT molecular complexity index is 1300. The summed E-state index contributed by atoms with van der Waals surface area (Å²) in [6.45, 7) is 8.32. The van der Waals surface area contributed by atoms with Crippen LogP contribution < -0.4 is 21.0 Å². The molecular formula is C34H40N2O4Si. The molecule has 4 unspecified atom stereocenters. The Kier molecular flexibility index (Phi) is 8.87. The van der Waals surface area contributed by atoms with Gasteiger partial charge in [-0.15, -0.1) is 0 Å². The molecule has 1 fully saturated rings. The van der Waals surface area contributed by atoms with Crippen LogP contribution in [0.25, 0.3) is 0 Å². The van der Waals surface area contributed by atoms with Crippen LogP contribution in [0.5, 0.6) is 0 Å². The quantitative estimate of drug-likeness (QED) is 0.343. The van der Waals surface area contributed by atoms with E-state index in [9.17, 15) is 9.59 Å². The smallest absolute Gasteiger partial charge is 0.261 e. The highest BCUT2D eigenvalue weighted by Gasteiger charge is 2.51. The van der Waals surface area contributed by atoms with Gasteiger partial charge in [0.2, 0.25) is 5.91 Å². The lowest BCUT2D eigenvalue weighted by atomic mass is 10.0. The topological polar surface area (TPSA) is 76.7 Å². The molecule has 7 heteroatoms. The molecule has 0 aromatic heterocycles. The third-order valence-electron chi connectivity index (χ3n) is 8.20. The fourth-order valence-corrected chi connectivity index (χ4v) is 10.5. The summed E-state index contributed by atoms with van der Waals surface area (Å²) in [5.74, 6) is 0.292. The Morgan fingerprint density at radius 1 is 0.902 bits per heavy atom. The molecule has 1 saturated carbocycles. The number of carbonyl (C=O) groups is 2. The summed E-state index contributed by atoms with van der Waals surface area (Å²) < 4.78 is 13.0. The van der Waals surface area contributed by atoms with E-state index in [1.54, 1.807) is 0 Å². The first-order valence-electron chi connectivity index (χ1n) is 14.4. The van der Waals surface area contributed by atoms with Crippen LogP contribution in [0.2, 0.25) is 5.04 Å². The van der Waals surface area contributed by atoms with Gasteiger partial charge in [-0.3, -0.25) is 9.59 Å². The Hall–Kier alpha value is -3.52. The lowest BCUT2D eigenvalue weighted by Gasteiger charge is -2.43. The number of benzene rings is 3. The van der Waals surface area contributed by atoms with E-state index >= 15 is 0 Å². The molecule has 3 aromatic carbocycles. The molecule has 1 amide bonds. The number of rotatable bonds is 11. The molecule has 3 aromatic rings. The zero-order valence-corrected chi connectivity index (χ0v) is 25.1. The summed E-state index contributed by atoms with van der Waals surface area (Å²) in [5.41, 5.74) is 0.954. The normalized spacial score (nSPS) is 22.2. The molecule has 0 bridgehead atoms. The van der Waals surface area contributed by atoms with Gasteiger partial charge in [0, 0.05) is 19.4 Å². The van der Waals surface area contributed by atoms with Crippen molar-refractivity contribution in [3.05, 3.63) is 109 Å². The average molecular weight is 569 g/mol. The second kappa shape index (κ2) is 12.6. The molecule has 1 heterocycles. The zero-order chi connectivity index (χ0) is 28.9. The highest BCUT2D eigenvalue weighted by atomic mass is 28.4. The average Bonchev–Trinajstić information content (AvgIpc) is 3.74. The SMILES string of the molecule is CC(C)(C)[Si](OCC1CC1CNC(=O)C1NC=CC(=O)C1OCc1ccccc1)(c1ccccc1)c1ccccc1. The van der Waals surface area contributed by atoms with Gasteiger partial charge in [-0.25, -0.2) is 0 Å². The van der Waals surface area contributed by atoms with Gasteiger partial charge in [-0.05, 0) is 45.3 Å². The fourth-order valence-electron chi connectivity index (χ4n) is 5.83. The molecule has 6 nitrogen and oxygen atoms in total. The Morgan fingerprint density at radius 3 is 2.07 bits per heavy atom. The van der Waals surface area contributed by atoms with E-state index in [4.69, 9.17) is 9.16 Å². The van der Waals surface area contributed by atoms with Crippen molar-refractivity contribution in [2.75, 3.05) is 13.2 Å². The minimum absolute atomic E-state index is 0.0736. The summed E-state index contributed by atoms with van der Waals surface area (Å²) >= 11 is 0. The summed E-state index contributed by atoms with van der Waals surface area (Å²) in [5, 5.41) is 8.57. The van der Waals surface area contributed by atoms with Crippen LogP contribution in [0.4, 0.5) is 0 Å². The second-order valence-corrected chi connectivity index (χ2v) is 16.4. The second-order valence-electron chi connectivity index (χ2n) is 12.1. The molecule has 214 valence electrons. The minimum atomic E-state index is -2.59. The number of carbonyl (C=O) groups excluding carboxylic acids is 2. The number of hydrogen-bond acceptors (Lipinski definition) is 5. The molecule has 5 rings (SSSR count). The summed E-state index contributed by atoms with van der Waals surface area (Å²) in [4.78, 5) is 25.7. The third kappa shape index (κ3) is 6.53. The van der Waals surface area contributed by atoms with Crippen molar-refractivity contribution in [2.24, 2.45) is 11.8 Å². The van der Waals surface area contributed by atoms with E-state index in [1.807, 2.05) is 30.3 Å². The van der Waals surface area contributed by atoms with Gasteiger partial charge in [-0.1, -0.05) is 112 Å². The molecule has 41 heavy (non-hydrogen) atoms. The fraction of sp³-hybridized carbons (Fsp3) is 0.353. The number of ketones is 1. The van der Waals surface area contributed by atoms with Gasteiger partial charge in [-0.2, -0.15) is 0 Å². The van der Waals surface area contributed by atoms with Gasteiger partial charge in [0.1, 0.15) is 12.1 Å². The van der Waals surface area contributed by atoms with Crippen LogP contribution in [-0.2, 0) is 25.4 Å². The van der Waals surface area contributed by atoms with Crippen LogP contribution in [-0.4, -0.2) is 45.3 Å². The van der Waals surface area contributed by atoms with Crippen LogP contribution in [0.1, 0.15) is 32.8 Å². The monoisotopic (exact) mass is 568 g/mol. The third-order valence-corrected chi connectivity index (χ3v) is 13.2. The maximum Gasteiger partial charge on any atom is 0.261 e. The number of ether oxygens (including phenoxy) is 1. The Morgan fingerprint density at radius 2 is 1.49 bits per heavy atom. The summed E-state index contributed by atoms with van der Waals surface area (Å²) in [6, 6.07) is 30.2. The Labute approximate surface area is 244 Å². The van der Waals surface area contributed by atoms with Gasteiger partial charge in [0.25, 0.3) is 8.32 Å². The minimum Gasteiger partial charge on any atom is -0.407 e. The highest BCUT2D eigenvalue weighted by Crippen LogP contribution is 2.42. The highest BCUT2D eigenvalue weighted by molar-refractivity contribution is 6.99. The molecule has 1 aliphatic heterocycles. The largest absolute Gasteiger partial charge is 0.407 e. The molecule has 4 atom stereocenters. The predicted octanol–water partition coefficient (Wildman–Crippen LogP) is 3.96. The maximum absolute atomic E-state index is 13.2. The zero-order valence-electron chi connectivity index (χ0n) is 24.1. The van der Waals surface area contributed by atoms with Crippen molar-refractivity contribution in [3.63, 3.8) is 0 Å². The molecule has 1 aliphatic carbocycles. The molecule has 0 spiro atoms.